The Morgan fingerprint density at radius 1 is 1.00 bits per heavy atom. The van der Waals surface area contributed by atoms with E-state index in [9.17, 15) is 4.79 Å². The first-order valence-corrected chi connectivity index (χ1v) is 6.17. The highest BCUT2D eigenvalue weighted by atomic mass is 16.5. The number of carbonyl (C=O) groups excluding carboxylic acids is 1. The smallest absolute Gasteiger partial charge is 0.293 e. The molecule has 0 fully saturated rings. The van der Waals surface area contributed by atoms with Crippen LogP contribution in [0.2, 0.25) is 0 Å². The fraction of sp³-hybridized carbons (Fsp3) is 0.917. The molecule has 3 heteroatoms. The highest BCUT2D eigenvalue weighted by molar-refractivity contribution is 5.36. The van der Waals surface area contributed by atoms with Gasteiger partial charge in [-0.15, -0.1) is 0 Å². The molecule has 0 amide bonds. The van der Waals surface area contributed by atoms with Gasteiger partial charge in [-0.25, -0.2) is 0 Å². The SMILES string of the molecule is CCCCCNCCCCCCOC=O. The topological polar surface area (TPSA) is 38.3 Å². The molecule has 0 aromatic carbocycles. The van der Waals surface area contributed by atoms with Crippen molar-refractivity contribution in [2.75, 3.05) is 19.7 Å². The standard InChI is InChI=1S/C12H25NO2/c1-2-3-6-9-13-10-7-4-5-8-11-15-12-14/h12-13H,2-11H2,1H3. The molecule has 0 radical (unpaired) electrons. The molecular formula is C12H25NO2. The maximum Gasteiger partial charge on any atom is 0.293 e. The van der Waals surface area contributed by atoms with Crippen LogP contribution in [-0.2, 0) is 9.53 Å². The van der Waals surface area contributed by atoms with Crippen molar-refractivity contribution in [3.63, 3.8) is 0 Å². The monoisotopic (exact) mass is 215 g/mol. The molecule has 0 aromatic heterocycles. The lowest BCUT2D eigenvalue weighted by atomic mass is 10.2. The maximum atomic E-state index is 9.83. The number of hydrogen-bond donors (Lipinski definition) is 1. The van der Waals surface area contributed by atoms with Gasteiger partial charge in [0.25, 0.3) is 6.47 Å². The Bertz CT molecular complexity index is 129. The van der Waals surface area contributed by atoms with Gasteiger partial charge in [0.15, 0.2) is 0 Å². The van der Waals surface area contributed by atoms with Crippen molar-refractivity contribution in [2.24, 2.45) is 0 Å². The Kier molecular flexibility index (Phi) is 12.9. The average molecular weight is 215 g/mol. The molecule has 1 N–H and O–H groups in total. The zero-order chi connectivity index (χ0) is 11.2. The average Bonchev–Trinajstić information content (AvgIpc) is 2.26. The van der Waals surface area contributed by atoms with Crippen LogP contribution < -0.4 is 5.32 Å². The van der Waals surface area contributed by atoms with Crippen LogP contribution in [0.15, 0.2) is 0 Å². The summed E-state index contributed by atoms with van der Waals surface area (Å²) >= 11 is 0. The minimum atomic E-state index is 0.523. The highest BCUT2D eigenvalue weighted by Gasteiger charge is 1.91. The number of unbranched alkanes of at least 4 members (excludes halogenated alkanes) is 5. The van der Waals surface area contributed by atoms with Crippen molar-refractivity contribution >= 4 is 6.47 Å². The fourth-order valence-corrected chi connectivity index (χ4v) is 1.46. The zero-order valence-corrected chi connectivity index (χ0v) is 9.96. The molecule has 0 heterocycles. The summed E-state index contributed by atoms with van der Waals surface area (Å²) in [5, 5.41) is 3.43. The second kappa shape index (κ2) is 13.4. The third-order valence-corrected chi connectivity index (χ3v) is 2.39. The molecule has 0 spiro atoms. The third-order valence-electron chi connectivity index (χ3n) is 2.39. The van der Waals surface area contributed by atoms with E-state index in [0.29, 0.717) is 13.1 Å². The summed E-state index contributed by atoms with van der Waals surface area (Å²) in [6.07, 6.45) is 8.52. The normalized spacial score (nSPS) is 10.2. The highest BCUT2D eigenvalue weighted by Crippen LogP contribution is 1.99. The molecule has 15 heavy (non-hydrogen) atoms. The number of hydrogen-bond acceptors (Lipinski definition) is 3. The summed E-state index contributed by atoms with van der Waals surface area (Å²) in [7, 11) is 0. The summed E-state index contributed by atoms with van der Waals surface area (Å²) in [6, 6.07) is 0. The molecule has 0 rings (SSSR count). The maximum absolute atomic E-state index is 9.83. The van der Waals surface area contributed by atoms with Crippen LogP contribution in [0.3, 0.4) is 0 Å². The molecule has 0 saturated heterocycles. The Morgan fingerprint density at radius 3 is 2.33 bits per heavy atom. The lowest BCUT2D eigenvalue weighted by Gasteiger charge is -2.03. The van der Waals surface area contributed by atoms with Gasteiger partial charge in [0, 0.05) is 0 Å². The molecule has 0 aliphatic carbocycles. The second-order valence-corrected chi connectivity index (χ2v) is 3.84. The summed E-state index contributed by atoms with van der Waals surface area (Å²) in [4.78, 5) is 9.83. The lowest BCUT2D eigenvalue weighted by molar-refractivity contribution is -0.128. The molecule has 0 unspecified atom stereocenters. The first kappa shape index (κ1) is 14.4. The number of nitrogens with one attached hydrogen (secondary N) is 1. The fourth-order valence-electron chi connectivity index (χ4n) is 1.46. The summed E-state index contributed by atoms with van der Waals surface area (Å²) in [5.41, 5.74) is 0. The minimum Gasteiger partial charge on any atom is -0.468 e. The van der Waals surface area contributed by atoms with E-state index in [1.807, 2.05) is 0 Å². The molecule has 3 nitrogen and oxygen atoms in total. The Morgan fingerprint density at radius 2 is 1.67 bits per heavy atom. The molecule has 0 aliphatic rings. The number of rotatable bonds is 12. The molecule has 0 aliphatic heterocycles. The van der Waals surface area contributed by atoms with Crippen molar-refractivity contribution in [1.29, 1.82) is 0 Å². The van der Waals surface area contributed by atoms with Crippen LogP contribution in [0, 0.1) is 0 Å². The van der Waals surface area contributed by atoms with Gasteiger partial charge in [0.05, 0.1) is 6.61 Å². The van der Waals surface area contributed by atoms with E-state index in [1.54, 1.807) is 0 Å². The number of carbonyl (C=O) groups is 1. The van der Waals surface area contributed by atoms with Gasteiger partial charge in [-0.2, -0.15) is 0 Å². The van der Waals surface area contributed by atoms with E-state index < -0.39 is 0 Å². The van der Waals surface area contributed by atoms with E-state index in [1.165, 1.54) is 32.1 Å². The van der Waals surface area contributed by atoms with Gasteiger partial charge in [0.1, 0.15) is 0 Å². The quantitative estimate of drug-likeness (QED) is 0.401. The molecule has 0 bridgehead atoms. The molecule has 90 valence electrons. The molecular weight excluding hydrogens is 190 g/mol. The van der Waals surface area contributed by atoms with Crippen LogP contribution in [0.25, 0.3) is 0 Å². The Hall–Kier alpha value is -0.570. The van der Waals surface area contributed by atoms with Gasteiger partial charge < -0.3 is 10.1 Å². The van der Waals surface area contributed by atoms with E-state index >= 15 is 0 Å². The van der Waals surface area contributed by atoms with Gasteiger partial charge in [0.2, 0.25) is 0 Å². The summed E-state index contributed by atoms with van der Waals surface area (Å²) in [6.45, 7) is 5.60. The molecule has 0 saturated carbocycles. The lowest BCUT2D eigenvalue weighted by Crippen LogP contribution is -2.16. The number of ether oxygens (including phenoxy) is 1. The first-order valence-electron chi connectivity index (χ1n) is 6.17. The van der Waals surface area contributed by atoms with E-state index in [4.69, 9.17) is 0 Å². The van der Waals surface area contributed by atoms with Crippen molar-refractivity contribution in [3.05, 3.63) is 0 Å². The van der Waals surface area contributed by atoms with Crippen LogP contribution in [0.1, 0.15) is 51.9 Å². The molecule has 0 atom stereocenters. The van der Waals surface area contributed by atoms with Gasteiger partial charge in [-0.05, 0) is 32.4 Å². The Balaban J connectivity index is 2.83. The largest absolute Gasteiger partial charge is 0.468 e. The zero-order valence-electron chi connectivity index (χ0n) is 9.96. The van der Waals surface area contributed by atoms with Crippen molar-refractivity contribution in [2.45, 2.75) is 51.9 Å². The van der Waals surface area contributed by atoms with Crippen molar-refractivity contribution in [3.8, 4) is 0 Å². The first-order chi connectivity index (χ1) is 7.41. The minimum absolute atomic E-state index is 0.523. The van der Waals surface area contributed by atoms with Crippen LogP contribution in [0.4, 0.5) is 0 Å². The van der Waals surface area contributed by atoms with Crippen LogP contribution in [0.5, 0.6) is 0 Å². The van der Waals surface area contributed by atoms with Crippen molar-refractivity contribution in [1.82, 2.24) is 5.32 Å². The van der Waals surface area contributed by atoms with E-state index in [2.05, 4.69) is 17.0 Å². The summed E-state index contributed by atoms with van der Waals surface area (Å²) < 4.78 is 4.61. The van der Waals surface area contributed by atoms with Crippen molar-refractivity contribution < 1.29 is 9.53 Å². The summed E-state index contributed by atoms with van der Waals surface area (Å²) in [5.74, 6) is 0. The van der Waals surface area contributed by atoms with Gasteiger partial charge in [-0.1, -0.05) is 32.6 Å². The third kappa shape index (κ3) is 13.4. The predicted octanol–water partition coefficient (Wildman–Crippen LogP) is 2.50. The van der Waals surface area contributed by atoms with Crippen LogP contribution in [-0.4, -0.2) is 26.2 Å². The van der Waals surface area contributed by atoms with Crippen LogP contribution >= 0.6 is 0 Å². The Labute approximate surface area is 93.6 Å². The molecule has 0 aromatic rings. The van der Waals surface area contributed by atoms with Gasteiger partial charge in [-0.3, -0.25) is 4.79 Å². The van der Waals surface area contributed by atoms with E-state index in [-0.39, 0.29) is 0 Å². The predicted molar refractivity (Wildman–Crippen MR) is 62.9 cm³/mol. The van der Waals surface area contributed by atoms with E-state index in [0.717, 1.165) is 25.9 Å². The van der Waals surface area contributed by atoms with Gasteiger partial charge >= 0.3 is 0 Å². The second-order valence-electron chi connectivity index (χ2n) is 3.84.